The first-order valence-corrected chi connectivity index (χ1v) is 20.7. The van der Waals surface area contributed by atoms with Crippen molar-refractivity contribution < 1.29 is 54.6 Å². The molecule has 9 nitrogen and oxygen atoms in total. The van der Waals surface area contributed by atoms with E-state index in [9.17, 15) is 22.5 Å². The van der Waals surface area contributed by atoms with Gasteiger partial charge in [-0.1, -0.05) is 51.7 Å². The predicted octanol–water partition coefficient (Wildman–Crippen LogP) is 3.04. The third-order valence-corrected chi connectivity index (χ3v) is 11.1. The Morgan fingerprint density at radius 3 is 1.68 bits per heavy atom. The van der Waals surface area contributed by atoms with Crippen LogP contribution in [0.3, 0.4) is 0 Å². The second-order valence-electron chi connectivity index (χ2n) is 15.6. The van der Waals surface area contributed by atoms with E-state index in [0.717, 1.165) is 31.7 Å². The van der Waals surface area contributed by atoms with Crippen molar-refractivity contribution in [3.8, 4) is 0 Å². The van der Waals surface area contributed by atoms with Gasteiger partial charge in [-0.25, -0.2) is 4.79 Å². The zero-order chi connectivity index (χ0) is 41.6. The minimum Gasteiger partial charge on any atom is -1.00 e. The Morgan fingerprint density at radius 1 is 0.780 bits per heavy atom. The second-order valence-corrected chi connectivity index (χ2v) is 15.6. The third kappa shape index (κ3) is 20.2. The van der Waals surface area contributed by atoms with Gasteiger partial charge in [0, 0.05) is 75.2 Å². The average molecular weight is 852 g/mol. The van der Waals surface area contributed by atoms with Gasteiger partial charge in [0.2, 0.25) is 5.57 Å². The van der Waals surface area contributed by atoms with E-state index in [4.69, 9.17) is 14.9 Å². The van der Waals surface area contributed by atoms with Crippen LogP contribution in [0, 0.1) is 23.8 Å². The topological polar surface area (TPSA) is 96.8 Å². The first-order valence-electron chi connectivity index (χ1n) is 20.7. The molecule has 1 aromatic carbocycles. The highest BCUT2D eigenvalue weighted by molar-refractivity contribution is 6.33. The number of aliphatic hydroxyl groups is 1. The van der Waals surface area contributed by atoms with Gasteiger partial charge in [-0.05, 0) is 86.8 Å². The second kappa shape index (κ2) is 29.3. The molecule has 0 aromatic heterocycles. The summed E-state index contributed by atoms with van der Waals surface area (Å²) in [7, 11) is 0.364. The molecule has 5 aliphatic rings. The van der Waals surface area contributed by atoms with Gasteiger partial charge in [-0.2, -0.15) is 4.79 Å². The molecule has 0 spiro atoms. The fraction of sp³-hybridized carbons (Fsp3) is 0.591. The molecule has 2 aliphatic heterocycles. The number of allylic oxidation sites excluding steroid dienone is 4. The Labute approximate surface area is 356 Å². The van der Waals surface area contributed by atoms with Crippen LogP contribution in [0.25, 0.3) is 0 Å². The minimum absolute atomic E-state index is 0. The predicted molar refractivity (Wildman–Crippen MR) is 221 cm³/mol. The fourth-order valence-electron chi connectivity index (χ4n) is 8.03. The molecule has 1 aromatic rings. The molecule has 0 unspecified atom stereocenters. The number of halogens is 5. The van der Waals surface area contributed by atoms with Crippen LogP contribution >= 0.6 is 0 Å². The summed E-state index contributed by atoms with van der Waals surface area (Å²) < 4.78 is 34.4. The molecule has 6 rings (SSSR count). The number of carbonyl (C=O) groups is 2. The van der Waals surface area contributed by atoms with Gasteiger partial charge in [0.05, 0.1) is 38.1 Å². The van der Waals surface area contributed by atoms with E-state index in [-0.39, 0.29) is 29.7 Å². The van der Waals surface area contributed by atoms with Crippen molar-refractivity contribution in [3.05, 3.63) is 95.6 Å². The Kier molecular flexibility index (Phi) is 26.3. The molecule has 0 radical (unpaired) electrons. The smallest absolute Gasteiger partial charge is 0.762 e. The molecule has 2 saturated carbocycles. The van der Waals surface area contributed by atoms with Gasteiger partial charge in [-0.15, -0.1) is 0 Å². The summed E-state index contributed by atoms with van der Waals surface area (Å²) >= 11 is 0. The summed E-state index contributed by atoms with van der Waals surface area (Å²) in [6.45, 7) is 8.37. The van der Waals surface area contributed by atoms with Crippen LogP contribution in [0.5, 0.6) is 0 Å². The van der Waals surface area contributed by atoms with E-state index in [2.05, 4.69) is 45.6 Å². The number of carboxylic acids is 1. The van der Waals surface area contributed by atoms with E-state index in [0.29, 0.717) is 36.1 Å². The van der Waals surface area contributed by atoms with Gasteiger partial charge in [0.15, 0.2) is 0 Å². The van der Waals surface area contributed by atoms with Crippen LogP contribution < -0.4 is 17.1 Å². The summed E-state index contributed by atoms with van der Waals surface area (Å²) in [5.41, 5.74) is 3.55. The largest absolute Gasteiger partial charge is 1.00 e. The van der Waals surface area contributed by atoms with E-state index in [1.807, 2.05) is 63.2 Å². The Balaban J connectivity index is 0.000000456. The first-order chi connectivity index (χ1) is 27.4. The highest BCUT2D eigenvalue weighted by Gasteiger charge is 2.28. The standard InChI is InChI=1S/C22H31N2O2.C16H22O2.C6H12N2O.BF3.ClH.FH/c1-3-4-18-5-7-19(8-6-18)20-9-11-21(12-10-20)22(25)26-16-15-24-14-13-23(2)17-24;1-2-3-12-4-6-13(7-5-12)14-8-10-15(11-9-14)16(17)18;1-7-2-3-8(6-7)4-5-9;2-1(3)4;;/h9-11,13-14,18-19H,3-8,15-17H2,1-2H3;8-13H,2-7H2,1H3,(H,17,18);2-3,9H,4-6H2,1H3;;2*1H/q+1;;;;;/p-2. The molecule has 15 heteroatoms. The van der Waals surface area contributed by atoms with Crippen LogP contribution in [0.1, 0.15) is 113 Å². The van der Waals surface area contributed by atoms with Crippen molar-refractivity contribution in [3.63, 3.8) is 0 Å². The minimum atomic E-state index is -3.67. The van der Waals surface area contributed by atoms with Crippen LogP contribution in [-0.4, -0.2) is 103 Å². The Hall–Kier alpha value is -4.00. The number of benzene rings is 1. The quantitative estimate of drug-likeness (QED) is 0.135. The molecule has 0 bridgehead atoms. The van der Waals surface area contributed by atoms with Gasteiger partial charge in [0.25, 0.3) is 0 Å². The summed E-state index contributed by atoms with van der Waals surface area (Å²) in [5, 5.41) is 17.4. The van der Waals surface area contributed by atoms with Crippen molar-refractivity contribution in [2.75, 3.05) is 53.7 Å². The van der Waals surface area contributed by atoms with E-state index >= 15 is 0 Å². The average Bonchev–Trinajstić information content (AvgIpc) is 3.82. The first kappa shape index (κ1) is 53.0. The number of esters is 1. The molecule has 2 N–H and O–H groups in total. The molecule has 330 valence electrons. The lowest BCUT2D eigenvalue weighted by Gasteiger charge is -2.28. The van der Waals surface area contributed by atoms with Crippen LogP contribution in [0.15, 0.2) is 78.4 Å². The van der Waals surface area contributed by atoms with Crippen molar-refractivity contribution >= 4 is 19.5 Å². The monoisotopic (exact) mass is 851 g/mol. The molecule has 3 aliphatic carbocycles. The maximum atomic E-state index is 12.2. The number of hydrogen-bond acceptors (Lipinski definition) is 8. The van der Waals surface area contributed by atoms with Gasteiger partial charge < -0.3 is 51.7 Å². The molecule has 0 amide bonds. The van der Waals surface area contributed by atoms with Gasteiger partial charge >= 0.3 is 19.5 Å². The number of nitrogens with zero attached hydrogens (tertiary/aromatic N) is 4. The molecular weight excluding hydrogens is 787 g/mol. The molecular formula is C44H65BClF4N4O5-. The van der Waals surface area contributed by atoms with E-state index in [1.165, 1.54) is 88.2 Å². The highest BCUT2D eigenvalue weighted by Crippen LogP contribution is 2.38. The lowest BCUT2D eigenvalue weighted by Crippen LogP contribution is -3.00. The molecule has 2 heterocycles. The van der Waals surface area contributed by atoms with Crippen molar-refractivity contribution in [1.82, 2.24) is 19.6 Å². The number of carboxylic acid groups (broad SMARTS) is 1. The molecule has 2 fully saturated rings. The van der Waals surface area contributed by atoms with Crippen LogP contribution in [0.4, 0.5) is 12.9 Å². The number of hydrogen-bond donors (Lipinski definition) is 2. The summed E-state index contributed by atoms with van der Waals surface area (Å²) in [4.78, 5) is 31.3. The highest BCUT2D eigenvalue weighted by atomic mass is 35.5. The number of carbonyl (C=O) groups excluding carboxylic acids is 1. The maximum absolute atomic E-state index is 12.2. The summed E-state index contributed by atoms with van der Waals surface area (Å²) in [5.74, 6) is 1.99. The summed E-state index contributed by atoms with van der Waals surface area (Å²) in [6, 6.07) is 7.45. The fourth-order valence-corrected chi connectivity index (χ4v) is 8.03. The zero-order valence-corrected chi connectivity index (χ0v) is 36.0. The number of ether oxygens (including phenoxy) is 1. The van der Waals surface area contributed by atoms with Crippen molar-refractivity contribution in [2.45, 2.75) is 96.8 Å². The number of aromatic carboxylic acids is 1. The molecule has 0 atom stereocenters. The van der Waals surface area contributed by atoms with Crippen molar-refractivity contribution in [1.29, 1.82) is 0 Å². The van der Waals surface area contributed by atoms with Crippen LogP contribution in [-0.2, 0) is 9.53 Å². The summed E-state index contributed by atoms with van der Waals surface area (Å²) in [6.07, 6.45) is 32.8. The maximum Gasteiger partial charge on any atom is 0.762 e. The SMILES string of the molecule is CCCC1CCC(C2=C[C+]=C(C(=O)OCCN3C=CN(C)C3)C=C2)CC1.CCCC1CCC(c2ccc(C(=O)O)cc2)CC1.CN1C=CN(CCO)C1.FB(F)F.[Cl-].[F-]. The lowest BCUT2D eigenvalue weighted by atomic mass is 9.76. The Morgan fingerprint density at radius 2 is 1.27 bits per heavy atom. The molecule has 0 saturated heterocycles. The Bertz CT molecular complexity index is 1500. The molecule has 59 heavy (non-hydrogen) atoms. The van der Waals surface area contributed by atoms with Gasteiger partial charge in [-0.3, -0.25) is 12.9 Å². The number of aliphatic hydroxyl groups excluding tert-OH is 1. The number of β-amino-alcohol motifs (C(OH)–C–C–N with tert-alkyl or cyclic N) is 1. The number of rotatable bonds is 13. The van der Waals surface area contributed by atoms with Crippen LogP contribution in [0.2, 0.25) is 0 Å². The van der Waals surface area contributed by atoms with E-state index < -0.39 is 13.5 Å². The van der Waals surface area contributed by atoms with E-state index in [1.54, 1.807) is 12.1 Å². The van der Waals surface area contributed by atoms with Crippen molar-refractivity contribution in [2.24, 2.45) is 17.8 Å². The normalized spacial score (nSPS) is 21.4. The van der Waals surface area contributed by atoms with Gasteiger partial charge in [0.1, 0.15) is 6.61 Å². The lowest BCUT2D eigenvalue weighted by molar-refractivity contribution is -0.139. The zero-order valence-electron chi connectivity index (χ0n) is 35.3. The third-order valence-electron chi connectivity index (χ3n) is 11.1.